The zero-order chi connectivity index (χ0) is 23.4. The van der Waals surface area contributed by atoms with E-state index in [0.29, 0.717) is 44.7 Å². The lowest BCUT2D eigenvalue weighted by molar-refractivity contribution is -0.111. The van der Waals surface area contributed by atoms with E-state index in [4.69, 9.17) is 32.7 Å². The van der Waals surface area contributed by atoms with Crippen LogP contribution in [0.1, 0.15) is 12.5 Å². The first-order valence-electron chi connectivity index (χ1n) is 10.1. The Bertz CT molecular complexity index is 1330. The SMILES string of the molecule is CCOc1ccc(-n2nc3ccc(NC(=O)/C=C/c4cc(Cl)cc(Cl)c4OC)cc3n2)cc1. The van der Waals surface area contributed by atoms with E-state index in [9.17, 15) is 4.79 Å². The maximum atomic E-state index is 12.4. The lowest BCUT2D eigenvalue weighted by atomic mass is 10.2. The minimum absolute atomic E-state index is 0.327. The number of fused-ring (bicyclic) bond motifs is 1. The lowest BCUT2D eigenvalue weighted by Gasteiger charge is -2.08. The number of anilines is 1. The molecular formula is C24H20Cl2N4O3. The number of carbonyl (C=O) groups excluding carboxylic acids is 1. The van der Waals surface area contributed by atoms with Gasteiger partial charge >= 0.3 is 0 Å². The summed E-state index contributed by atoms with van der Waals surface area (Å²) < 4.78 is 10.8. The molecule has 0 unspecified atom stereocenters. The Morgan fingerprint density at radius 3 is 2.55 bits per heavy atom. The van der Waals surface area contributed by atoms with Crippen molar-refractivity contribution in [1.29, 1.82) is 0 Å². The molecule has 33 heavy (non-hydrogen) atoms. The predicted molar refractivity (Wildman–Crippen MR) is 131 cm³/mol. The molecule has 168 valence electrons. The minimum atomic E-state index is -0.327. The van der Waals surface area contributed by atoms with E-state index >= 15 is 0 Å². The summed E-state index contributed by atoms with van der Waals surface area (Å²) >= 11 is 12.2. The summed E-state index contributed by atoms with van der Waals surface area (Å²) in [6, 6.07) is 16.1. The molecule has 0 saturated heterocycles. The van der Waals surface area contributed by atoms with E-state index in [1.165, 1.54) is 13.2 Å². The molecule has 0 atom stereocenters. The largest absolute Gasteiger partial charge is 0.495 e. The molecule has 1 amide bonds. The molecule has 0 aliphatic heterocycles. The molecule has 1 aromatic heterocycles. The number of nitrogens with zero attached hydrogens (tertiary/aromatic N) is 3. The highest BCUT2D eigenvalue weighted by Crippen LogP contribution is 2.33. The van der Waals surface area contributed by atoms with E-state index in [0.717, 1.165) is 11.4 Å². The second-order valence-corrected chi connectivity index (χ2v) is 7.80. The third-order valence-corrected chi connectivity index (χ3v) is 5.18. The highest BCUT2D eigenvalue weighted by molar-refractivity contribution is 6.36. The van der Waals surface area contributed by atoms with E-state index in [1.54, 1.807) is 41.2 Å². The summed E-state index contributed by atoms with van der Waals surface area (Å²) in [5.41, 5.74) is 3.34. The molecule has 0 radical (unpaired) electrons. The molecule has 0 aliphatic carbocycles. The molecular weight excluding hydrogens is 463 g/mol. The average molecular weight is 483 g/mol. The van der Waals surface area contributed by atoms with Gasteiger partial charge < -0.3 is 14.8 Å². The molecule has 4 aromatic rings. The third-order valence-electron chi connectivity index (χ3n) is 4.68. The quantitative estimate of drug-likeness (QED) is 0.337. The first kappa shape index (κ1) is 22.6. The Kier molecular flexibility index (Phi) is 6.82. The average Bonchev–Trinajstić information content (AvgIpc) is 3.21. The van der Waals surface area contributed by atoms with Crippen LogP contribution in [0.15, 0.2) is 60.7 Å². The van der Waals surface area contributed by atoms with Crippen LogP contribution in [0.4, 0.5) is 5.69 Å². The molecule has 0 bridgehead atoms. The van der Waals surface area contributed by atoms with Crippen LogP contribution in [-0.2, 0) is 4.79 Å². The molecule has 0 aliphatic rings. The molecule has 3 aromatic carbocycles. The Balaban J connectivity index is 1.50. The number of amides is 1. The predicted octanol–water partition coefficient (Wildman–Crippen LogP) is 5.79. The van der Waals surface area contributed by atoms with Crippen LogP contribution in [0.2, 0.25) is 10.0 Å². The molecule has 1 N–H and O–H groups in total. The fraction of sp³-hybridized carbons (Fsp3) is 0.125. The van der Waals surface area contributed by atoms with Crippen molar-refractivity contribution in [2.75, 3.05) is 19.0 Å². The van der Waals surface area contributed by atoms with Crippen molar-refractivity contribution in [3.63, 3.8) is 0 Å². The second-order valence-electron chi connectivity index (χ2n) is 6.95. The van der Waals surface area contributed by atoms with Crippen LogP contribution >= 0.6 is 23.2 Å². The number of hydrogen-bond donors (Lipinski definition) is 1. The number of methoxy groups -OCH3 is 1. The van der Waals surface area contributed by atoms with Crippen molar-refractivity contribution in [3.8, 4) is 17.2 Å². The van der Waals surface area contributed by atoms with Gasteiger partial charge in [-0.2, -0.15) is 4.80 Å². The third kappa shape index (κ3) is 5.27. The van der Waals surface area contributed by atoms with Gasteiger partial charge in [0, 0.05) is 22.3 Å². The Labute approximate surface area is 200 Å². The van der Waals surface area contributed by atoms with Gasteiger partial charge in [0.25, 0.3) is 0 Å². The fourth-order valence-corrected chi connectivity index (χ4v) is 3.81. The Morgan fingerprint density at radius 1 is 1.06 bits per heavy atom. The van der Waals surface area contributed by atoms with Crippen molar-refractivity contribution in [2.45, 2.75) is 6.92 Å². The number of ether oxygens (including phenoxy) is 2. The smallest absolute Gasteiger partial charge is 0.248 e. The molecule has 7 nitrogen and oxygen atoms in total. The van der Waals surface area contributed by atoms with Crippen LogP contribution in [0.3, 0.4) is 0 Å². The highest BCUT2D eigenvalue weighted by Gasteiger charge is 2.09. The van der Waals surface area contributed by atoms with Crippen molar-refractivity contribution in [1.82, 2.24) is 15.0 Å². The zero-order valence-electron chi connectivity index (χ0n) is 17.9. The van der Waals surface area contributed by atoms with Crippen LogP contribution in [0.5, 0.6) is 11.5 Å². The Hall–Kier alpha value is -3.55. The lowest BCUT2D eigenvalue weighted by Crippen LogP contribution is -2.07. The zero-order valence-corrected chi connectivity index (χ0v) is 19.4. The summed E-state index contributed by atoms with van der Waals surface area (Å²) in [5.74, 6) is 0.900. The Morgan fingerprint density at radius 2 is 1.82 bits per heavy atom. The number of hydrogen-bond acceptors (Lipinski definition) is 5. The van der Waals surface area contributed by atoms with E-state index in [1.807, 2.05) is 31.2 Å². The summed E-state index contributed by atoms with van der Waals surface area (Å²) in [6.07, 6.45) is 2.97. The summed E-state index contributed by atoms with van der Waals surface area (Å²) in [4.78, 5) is 14.0. The van der Waals surface area contributed by atoms with Crippen LogP contribution in [0, 0.1) is 0 Å². The molecule has 0 fully saturated rings. The first-order valence-corrected chi connectivity index (χ1v) is 10.8. The van der Waals surface area contributed by atoms with Crippen molar-refractivity contribution < 1.29 is 14.3 Å². The molecule has 4 rings (SSSR count). The second kappa shape index (κ2) is 9.94. The number of nitrogens with one attached hydrogen (secondary N) is 1. The summed E-state index contributed by atoms with van der Waals surface area (Å²) in [7, 11) is 1.50. The number of aromatic nitrogens is 3. The van der Waals surface area contributed by atoms with Gasteiger partial charge in [0.05, 0.1) is 24.4 Å². The molecule has 9 heteroatoms. The first-order chi connectivity index (χ1) is 16.0. The van der Waals surface area contributed by atoms with Crippen molar-refractivity contribution in [2.24, 2.45) is 0 Å². The van der Waals surface area contributed by atoms with Crippen LogP contribution in [0.25, 0.3) is 22.8 Å². The monoisotopic (exact) mass is 482 g/mol. The van der Waals surface area contributed by atoms with E-state index < -0.39 is 0 Å². The maximum Gasteiger partial charge on any atom is 0.248 e. The fourth-order valence-electron chi connectivity index (χ4n) is 3.22. The number of rotatable bonds is 7. The molecule has 0 saturated carbocycles. The van der Waals surface area contributed by atoms with Crippen molar-refractivity contribution in [3.05, 3.63) is 76.3 Å². The van der Waals surface area contributed by atoms with Crippen molar-refractivity contribution >= 4 is 51.9 Å². The van der Waals surface area contributed by atoms with Gasteiger partial charge in [-0.15, -0.1) is 10.2 Å². The molecule has 0 spiro atoms. The van der Waals surface area contributed by atoms with Gasteiger partial charge in [0.15, 0.2) is 0 Å². The number of benzene rings is 3. The number of carbonyl (C=O) groups is 1. The normalized spacial score (nSPS) is 11.2. The minimum Gasteiger partial charge on any atom is -0.495 e. The van der Waals surface area contributed by atoms with Crippen LogP contribution < -0.4 is 14.8 Å². The van der Waals surface area contributed by atoms with Gasteiger partial charge in [-0.25, -0.2) is 0 Å². The van der Waals surface area contributed by atoms with E-state index in [2.05, 4.69) is 15.5 Å². The standard InChI is InChI=1S/C24H20Cl2N4O3/c1-3-33-19-8-6-18(7-9-19)30-28-21-10-5-17(14-22(21)29-30)27-23(31)11-4-15-12-16(25)13-20(26)24(15)32-2/h4-14H,3H2,1-2H3,(H,27,31)/b11-4+. The van der Waals surface area contributed by atoms with Crippen LogP contribution in [-0.4, -0.2) is 34.6 Å². The molecule has 1 heterocycles. The van der Waals surface area contributed by atoms with Gasteiger partial charge in [-0.1, -0.05) is 23.2 Å². The van der Waals surface area contributed by atoms with Gasteiger partial charge in [0.2, 0.25) is 5.91 Å². The van der Waals surface area contributed by atoms with Gasteiger partial charge in [-0.05, 0) is 67.6 Å². The summed E-state index contributed by atoms with van der Waals surface area (Å²) in [5, 5.41) is 12.6. The number of halogens is 2. The van der Waals surface area contributed by atoms with Gasteiger partial charge in [-0.3, -0.25) is 4.79 Å². The summed E-state index contributed by atoms with van der Waals surface area (Å²) in [6.45, 7) is 2.54. The van der Waals surface area contributed by atoms with E-state index in [-0.39, 0.29) is 5.91 Å². The topological polar surface area (TPSA) is 78.3 Å². The maximum absolute atomic E-state index is 12.4. The highest BCUT2D eigenvalue weighted by atomic mass is 35.5. The van der Waals surface area contributed by atoms with Gasteiger partial charge in [0.1, 0.15) is 22.5 Å².